The van der Waals surface area contributed by atoms with Crippen LogP contribution in [0.1, 0.15) is 35.1 Å². The van der Waals surface area contributed by atoms with Gasteiger partial charge in [-0.3, -0.25) is 14.4 Å². The summed E-state index contributed by atoms with van der Waals surface area (Å²) in [5.74, 6) is -0.437. The molecule has 11 nitrogen and oxygen atoms in total. The lowest BCUT2D eigenvalue weighted by Crippen LogP contribution is -2.50. The SMILES string of the molecule is O=C(N[C@H]1CC[C@H](c2nnc(OCCOC(F)(F)F)o2)N(C(=O)O)C1)c1cc2ccc(Cl)cn2c1. The lowest BCUT2D eigenvalue weighted by Gasteiger charge is -2.36. The minimum absolute atomic E-state index is 0.0388. The van der Waals surface area contributed by atoms with Gasteiger partial charge in [0.2, 0.25) is 5.89 Å². The number of nitrogens with zero attached hydrogens (tertiary/aromatic N) is 4. The number of ether oxygens (including phenoxy) is 2. The van der Waals surface area contributed by atoms with Gasteiger partial charge in [-0.05, 0) is 31.0 Å². The number of halogens is 4. The van der Waals surface area contributed by atoms with Crippen molar-refractivity contribution in [3.8, 4) is 6.08 Å². The molecule has 0 aromatic carbocycles. The number of amides is 2. The standard InChI is InChI=1S/C20H19ClF3N5O6/c21-12-1-3-14-7-11(8-28(14)9-12)16(30)25-13-2-4-15(29(10-13)19(31)32)17-26-27-18(35-17)33-5-6-34-20(22,23)24/h1,3,7-9,13,15H,2,4-6,10H2,(H,25,30)(H,31,32)/t13-,15+/m0/s1. The molecule has 2 N–H and O–H groups in total. The Labute approximate surface area is 200 Å². The van der Waals surface area contributed by atoms with E-state index in [1.807, 2.05) is 0 Å². The van der Waals surface area contributed by atoms with Crippen molar-refractivity contribution >= 4 is 29.1 Å². The Balaban J connectivity index is 1.36. The van der Waals surface area contributed by atoms with Crippen molar-refractivity contribution in [3.05, 3.63) is 47.1 Å². The molecule has 0 spiro atoms. The van der Waals surface area contributed by atoms with Crippen LogP contribution in [0.15, 0.2) is 35.0 Å². The van der Waals surface area contributed by atoms with E-state index in [2.05, 4.69) is 20.3 Å². The van der Waals surface area contributed by atoms with E-state index >= 15 is 0 Å². The van der Waals surface area contributed by atoms with Gasteiger partial charge in [0.1, 0.15) is 12.6 Å². The second-order valence-electron chi connectivity index (χ2n) is 7.66. The van der Waals surface area contributed by atoms with Gasteiger partial charge in [0.25, 0.3) is 5.91 Å². The van der Waals surface area contributed by atoms with Gasteiger partial charge in [0.15, 0.2) is 0 Å². The van der Waals surface area contributed by atoms with Crippen molar-refractivity contribution in [2.75, 3.05) is 19.8 Å². The molecule has 2 amide bonds. The molecular weight excluding hydrogens is 499 g/mol. The molecule has 3 aromatic heterocycles. The van der Waals surface area contributed by atoms with E-state index in [9.17, 15) is 27.9 Å². The van der Waals surface area contributed by atoms with Gasteiger partial charge < -0.3 is 24.0 Å². The molecule has 0 radical (unpaired) electrons. The van der Waals surface area contributed by atoms with Crippen molar-refractivity contribution in [1.82, 2.24) is 24.8 Å². The number of pyridine rings is 1. The summed E-state index contributed by atoms with van der Waals surface area (Å²) in [5.41, 5.74) is 1.17. The van der Waals surface area contributed by atoms with Gasteiger partial charge in [-0.25, -0.2) is 4.79 Å². The number of carbonyl (C=O) groups is 2. The smallest absolute Gasteiger partial charge is 0.465 e. The number of carbonyl (C=O) groups excluding carboxylic acids is 1. The zero-order chi connectivity index (χ0) is 25.2. The number of piperidine rings is 1. The molecule has 0 unspecified atom stereocenters. The maximum Gasteiger partial charge on any atom is 0.522 e. The highest BCUT2D eigenvalue weighted by Gasteiger charge is 2.37. The van der Waals surface area contributed by atoms with Crippen molar-refractivity contribution in [2.45, 2.75) is 31.3 Å². The highest BCUT2D eigenvalue weighted by Crippen LogP contribution is 2.31. The monoisotopic (exact) mass is 517 g/mol. The van der Waals surface area contributed by atoms with Crippen LogP contribution in [0.4, 0.5) is 18.0 Å². The molecule has 1 fully saturated rings. The molecule has 35 heavy (non-hydrogen) atoms. The molecule has 15 heteroatoms. The summed E-state index contributed by atoms with van der Waals surface area (Å²) >= 11 is 5.97. The number of rotatable bonds is 7. The third kappa shape index (κ3) is 6.14. The Morgan fingerprint density at radius 2 is 2.03 bits per heavy atom. The maximum atomic E-state index is 12.7. The third-order valence-corrected chi connectivity index (χ3v) is 5.49. The van der Waals surface area contributed by atoms with Gasteiger partial charge in [-0.1, -0.05) is 16.7 Å². The zero-order valence-electron chi connectivity index (χ0n) is 17.9. The molecule has 4 rings (SSSR count). The molecule has 2 atom stereocenters. The molecule has 1 aliphatic rings. The number of hydrogen-bond donors (Lipinski definition) is 2. The second-order valence-corrected chi connectivity index (χ2v) is 8.09. The van der Waals surface area contributed by atoms with Gasteiger partial charge >= 0.3 is 18.5 Å². The Morgan fingerprint density at radius 3 is 2.77 bits per heavy atom. The normalized spacial score (nSPS) is 18.6. The van der Waals surface area contributed by atoms with E-state index in [0.717, 1.165) is 10.4 Å². The van der Waals surface area contributed by atoms with E-state index in [4.69, 9.17) is 20.8 Å². The van der Waals surface area contributed by atoms with E-state index in [1.165, 1.54) is 0 Å². The van der Waals surface area contributed by atoms with Crippen molar-refractivity contribution in [1.29, 1.82) is 0 Å². The molecule has 0 bridgehead atoms. The first kappa shape index (κ1) is 24.6. The summed E-state index contributed by atoms with van der Waals surface area (Å²) < 4.78 is 51.5. The fourth-order valence-corrected chi connectivity index (χ4v) is 3.90. The van der Waals surface area contributed by atoms with Crippen LogP contribution in [0.2, 0.25) is 5.02 Å². The molecule has 1 aliphatic heterocycles. The lowest BCUT2D eigenvalue weighted by atomic mass is 9.98. The Hall–Kier alpha value is -3.52. The minimum Gasteiger partial charge on any atom is -0.465 e. The first-order valence-electron chi connectivity index (χ1n) is 10.3. The predicted molar refractivity (Wildman–Crippen MR) is 112 cm³/mol. The molecule has 0 aliphatic carbocycles. The maximum absolute atomic E-state index is 12.7. The van der Waals surface area contributed by atoms with Crippen LogP contribution in [0.25, 0.3) is 5.52 Å². The zero-order valence-corrected chi connectivity index (χ0v) is 18.6. The lowest BCUT2D eigenvalue weighted by molar-refractivity contribution is -0.325. The minimum atomic E-state index is -4.79. The highest BCUT2D eigenvalue weighted by molar-refractivity contribution is 6.30. The summed E-state index contributed by atoms with van der Waals surface area (Å²) in [5, 5.41) is 20.3. The van der Waals surface area contributed by atoms with Crippen molar-refractivity contribution in [2.24, 2.45) is 0 Å². The van der Waals surface area contributed by atoms with E-state index in [0.29, 0.717) is 17.0 Å². The van der Waals surface area contributed by atoms with Crippen molar-refractivity contribution < 1.29 is 41.8 Å². The van der Waals surface area contributed by atoms with Crippen LogP contribution >= 0.6 is 11.6 Å². The largest absolute Gasteiger partial charge is 0.522 e. The van der Waals surface area contributed by atoms with Gasteiger partial charge in [0.05, 0.1) is 17.2 Å². The van der Waals surface area contributed by atoms with Crippen LogP contribution in [-0.4, -0.2) is 68.8 Å². The summed E-state index contributed by atoms with van der Waals surface area (Å²) in [6.45, 7) is -1.31. The average Bonchev–Trinajstić information content (AvgIpc) is 3.43. The summed E-state index contributed by atoms with van der Waals surface area (Å²) in [6.07, 6.45) is -2.51. The Kier molecular flexibility index (Phi) is 7.03. The number of alkyl halides is 3. The third-order valence-electron chi connectivity index (χ3n) is 5.26. The topological polar surface area (TPSA) is 131 Å². The number of likely N-dealkylation sites (tertiary alicyclic amines) is 1. The molecular formula is C20H19ClF3N5O6. The molecule has 188 valence electrons. The van der Waals surface area contributed by atoms with Gasteiger partial charge in [-0.2, -0.15) is 0 Å². The number of hydrogen-bond acceptors (Lipinski definition) is 7. The predicted octanol–water partition coefficient (Wildman–Crippen LogP) is 3.50. The van der Waals surface area contributed by atoms with Gasteiger partial charge in [-0.15, -0.1) is 18.3 Å². The van der Waals surface area contributed by atoms with E-state index in [-0.39, 0.29) is 24.8 Å². The Bertz CT molecular complexity index is 1220. The molecule has 0 saturated carbocycles. The second kappa shape index (κ2) is 10.00. The van der Waals surface area contributed by atoms with Crippen LogP contribution in [0.5, 0.6) is 6.08 Å². The summed E-state index contributed by atoms with van der Waals surface area (Å²) in [4.78, 5) is 25.6. The number of fused-ring (bicyclic) bond motifs is 1. The number of aromatic nitrogens is 3. The fourth-order valence-electron chi connectivity index (χ4n) is 3.73. The van der Waals surface area contributed by atoms with Crippen LogP contribution < -0.4 is 10.1 Å². The van der Waals surface area contributed by atoms with Crippen molar-refractivity contribution in [3.63, 3.8) is 0 Å². The molecule has 1 saturated heterocycles. The summed E-state index contributed by atoms with van der Waals surface area (Å²) in [7, 11) is 0. The van der Waals surface area contributed by atoms with Crippen LogP contribution in [0, 0.1) is 0 Å². The average molecular weight is 518 g/mol. The first-order valence-corrected chi connectivity index (χ1v) is 10.7. The van der Waals surface area contributed by atoms with Gasteiger partial charge in [0, 0.05) is 30.5 Å². The number of nitrogens with one attached hydrogen (secondary N) is 1. The highest BCUT2D eigenvalue weighted by atomic mass is 35.5. The number of carboxylic acid groups (broad SMARTS) is 1. The van der Waals surface area contributed by atoms with E-state index < -0.39 is 43.8 Å². The van der Waals surface area contributed by atoms with Crippen LogP contribution in [-0.2, 0) is 4.74 Å². The fraction of sp³-hybridized carbons (Fsp3) is 0.400. The van der Waals surface area contributed by atoms with E-state index in [1.54, 1.807) is 35.0 Å². The molecule has 4 heterocycles. The Morgan fingerprint density at radius 1 is 1.23 bits per heavy atom. The van der Waals surface area contributed by atoms with Crippen LogP contribution in [0.3, 0.4) is 0 Å². The quantitative estimate of drug-likeness (QED) is 0.455. The summed E-state index contributed by atoms with van der Waals surface area (Å²) in [6, 6.07) is 3.87. The molecule has 3 aromatic rings. The first-order chi connectivity index (χ1) is 16.6.